The number of carbonyl (C=O) groups is 2. The number of nitrogens with zero attached hydrogens (tertiary/aromatic N) is 6. The predicted octanol–water partition coefficient (Wildman–Crippen LogP) is 2.67. The summed E-state index contributed by atoms with van der Waals surface area (Å²) in [4.78, 5) is 29.9. The molecule has 1 aromatic heterocycles. The molecule has 172 valence electrons. The average molecular weight is 445 g/mol. The topological polar surface area (TPSA) is 83.8 Å². The van der Waals surface area contributed by atoms with Crippen molar-refractivity contribution in [2.75, 3.05) is 42.5 Å². The average Bonchev–Trinajstić information content (AvgIpc) is 3.43. The third-order valence-corrected chi connectivity index (χ3v) is 5.95. The van der Waals surface area contributed by atoms with E-state index < -0.39 is 11.9 Å². The molecule has 2 aliphatic heterocycles. The zero-order valence-electron chi connectivity index (χ0n) is 18.3. The van der Waals surface area contributed by atoms with E-state index in [4.69, 9.17) is 4.74 Å². The van der Waals surface area contributed by atoms with Crippen molar-refractivity contribution in [1.29, 1.82) is 0 Å². The Morgan fingerprint density at radius 1 is 1.22 bits per heavy atom. The SMILES string of the molecule is CCCCCC(=O)N1CCN(c2ccc(N3C[C@H](Cn4ccnn4)OC3=O)cc2F)CC1. The second-order valence-corrected chi connectivity index (χ2v) is 8.20. The standard InChI is InChI=1S/C22H29FN6O3/c1-2-3-4-5-21(30)27-12-10-26(11-13-27)20-7-6-17(14-19(20)23)29-16-18(32-22(29)31)15-28-9-8-24-25-28/h6-9,14,18H,2-5,10-13,15-16H2,1H3/t18-/m0/s1. The van der Waals surface area contributed by atoms with Gasteiger partial charge in [0.05, 0.1) is 30.7 Å². The zero-order valence-corrected chi connectivity index (χ0v) is 18.3. The van der Waals surface area contributed by atoms with Gasteiger partial charge in [0.2, 0.25) is 5.91 Å². The van der Waals surface area contributed by atoms with Crippen LogP contribution in [-0.4, -0.2) is 70.7 Å². The van der Waals surface area contributed by atoms with Crippen molar-refractivity contribution in [1.82, 2.24) is 19.9 Å². The van der Waals surface area contributed by atoms with Crippen LogP contribution in [0.4, 0.5) is 20.6 Å². The van der Waals surface area contributed by atoms with Gasteiger partial charge < -0.3 is 14.5 Å². The van der Waals surface area contributed by atoms with E-state index in [2.05, 4.69) is 17.2 Å². The number of amides is 2. The number of anilines is 2. The Hall–Kier alpha value is -3.17. The number of hydrogen-bond donors (Lipinski definition) is 0. The number of hydrogen-bond acceptors (Lipinski definition) is 6. The van der Waals surface area contributed by atoms with Crippen LogP contribution in [0.2, 0.25) is 0 Å². The van der Waals surface area contributed by atoms with Crippen LogP contribution >= 0.6 is 0 Å². The third kappa shape index (κ3) is 5.00. The molecule has 1 aromatic carbocycles. The summed E-state index contributed by atoms with van der Waals surface area (Å²) in [6.45, 7) is 5.18. The summed E-state index contributed by atoms with van der Waals surface area (Å²) < 4.78 is 21.9. The lowest BCUT2D eigenvalue weighted by Gasteiger charge is -2.36. The Balaban J connectivity index is 1.34. The summed E-state index contributed by atoms with van der Waals surface area (Å²) in [5, 5.41) is 7.62. The fourth-order valence-corrected chi connectivity index (χ4v) is 4.17. The maximum atomic E-state index is 15.0. The van der Waals surface area contributed by atoms with E-state index in [1.807, 2.05) is 9.80 Å². The van der Waals surface area contributed by atoms with Gasteiger partial charge in [0, 0.05) is 38.8 Å². The van der Waals surface area contributed by atoms with Gasteiger partial charge in [-0.2, -0.15) is 0 Å². The smallest absolute Gasteiger partial charge is 0.414 e. The molecule has 2 amide bonds. The number of halogens is 1. The Labute approximate surface area is 186 Å². The van der Waals surface area contributed by atoms with Crippen LogP contribution in [0, 0.1) is 5.82 Å². The Morgan fingerprint density at radius 3 is 2.72 bits per heavy atom. The summed E-state index contributed by atoms with van der Waals surface area (Å²) >= 11 is 0. The van der Waals surface area contributed by atoms with Crippen molar-refractivity contribution in [2.24, 2.45) is 0 Å². The number of aromatic nitrogens is 3. The highest BCUT2D eigenvalue weighted by Gasteiger charge is 2.33. The van der Waals surface area contributed by atoms with Crippen LogP contribution in [0.25, 0.3) is 0 Å². The van der Waals surface area contributed by atoms with Crippen molar-refractivity contribution in [2.45, 2.75) is 45.3 Å². The van der Waals surface area contributed by atoms with Crippen molar-refractivity contribution in [3.8, 4) is 0 Å². The van der Waals surface area contributed by atoms with E-state index in [1.165, 1.54) is 11.0 Å². The first-order valence-corrected chi connectivity index (χ1v) is 11.2. The molecule has 0 bridgehead atoms. The van der Waals surface area contributed by atoms with Gasteiger partial charge in [-0.3, -0.25) is 9.69 Å². The highest BCUT2D eigenvalue weighted by atomic mass is 19.1. The van der Waals surface area contributed by atoms with Crippen molar-refractivity contribution in [3.63, 3.8) is 0 Å². The summed E-state index contributed by atoms with van der Waals surface area (Å²) in [5.74, 6) is -0.209. The highest BCUT2D eigenvalue weighted by molar-refractivity contribution is 5.90. The molecule has 2 aromatic rings. The van der Waals surface area contributed by atoms with E-state index in [9.17, 15) is 14.0 Å². The molecule has 9 nitrogen and oxygen atoms in total. The first-order chi connectivity index (χ1) is 15.5. The molecular weight excluding hydrogens is 415 g/mol. The quantitative estimate of drug-likeness (QED) is 0.582. The molecule has 0 radical (unpaired) electrons. The summed E-state index contributed by atoms with van der Waals surface area (Å²) in [5.41, 5.74) is 0.945. The third-order valence-electron chi connectivity index (χ3n) is 5.95. The van der Waals surface area contributed by atoms with Crippen LogP contribution in [0.3, 0.4) is 0 Å². The molecule has 4 rings (SSSR count). The van der Waals surface area contributed by atoms with Gasteiger partial charge >= 0.3 is 6.09 Å². The molecule has 3 heterocycles. The minimum atomic E-state index is -0.502. The Morgan fingerprint density at radius 2 is 2.03 bits per heavy atom. The molecular formula is C22H29FN6O3. The number of piperazine rings is 1. The van der Waals surface area contributed by atoms with Gasteiger partial charge in [0.1, 0.15) is 11.9 Å². The molecule has 0 N–H and O–H groups in total. The Kier molecular flexibility index (Phi) is 6.87. The fraction of sp³-hybridized carbons (Fsp3) is 0.545. The number of ether oxygens (including phenoxy) is 1. The van der Waals surface area contributed by atoms with Crippen LogP contribution in [0.15, 0.2) is 30.6 Å². The zero-order chi connectivity index (χ0) is 22.5. The maximum Gasteiger partial charge on any atom is 0.414 e. The molecule has 0 unspecified atom stereocenters. The van der Waals surface area contributed by atoms with E-state index >= 15 is 0 Å². The molecule has 32 heavy (non-hydrogen) atoms. The maximum absolute atomic E-state index is 15.0. The second-order valence-electron chi connectivity index (χ2n) is 8.20. The molecule has 0 spiro atoms. The van der Waals surface area contributed by atoms with Crippen molar-refractivity contribution in [3.05, 3.63) is 36.4 Å². The summed E-state index contributed by atoms with van der Waals surface area (Å²) in [6.07, 6.45) is 6.04. The minimum Gasteiger partial charge on any atom is -0.442 e. The fourth-order valence-electron chi connectivity index (χ4n) is 4.17. The van der Waals surface area contributed by atoms with Gasteiger partial charge in [-0.15, -0.1) is 5.10 Å². The monoisotopic (exact) mass is 444 g/mol. The molecule has 2 fully saturated rings. The molecule has 10 heteroatoms. The number of rotatable bonds is 8. The largest absolute Gasteiger partial charge is 0.442 e. The Bertz CT molecular complexity index is 930. The number of cyclic esters (lactones) is 1. The normalized spacial score (nSPS) is 18.9. The molecule has 0 aliphatic carbocycles. The minimum absolute atomic E-state index is 0.182. The molecule has 0 saturated carbocycles. The molecule has 1 atom stereocenters. The lowest BCUT2D eigenvalue weighted by atomic mass is 10.1. The van der Waals surface area contributed by atoms with Gasteiger partial charge in [0.25, 0.3) is 0 Å². The van der Waals surface area contributed by atoms with Crippen LogP contribution < -0.4 is 9.80 Å². The second kappa shape index (κ2) is 9.97. The number of unbranched alkanes of at least 4 members (excludes halogenated alkanes) is 2. The van der Waals surface area contributed by atoms with E-state index in [-0.39, 0.29) is 12.0 Å². The highest BCUT2D eigenvalue weighted by Crippen LogP contribution is 2.29. The summed E-state index contributed by atoms with van der Waals surface area (Å²) in [6, 6.07) is 4.80. The van der Waals surface area contributed by atoms with Crippen molar-refractivity contribution < 1.29 is 18.7 Å². The van der Waals surface area contributed by atoms with E-state index in [0.717, 1.165) is 19.3 Å². The first kappa shape index (κ1) is 22.0. The first-order valence-electron chi connectivity index (χ1n) is 11.2. The molecule has 2 aliphatic rings. The van der Waals surface area contributed by atoms with Crippen LogP contribution in [-0.2, 0) is 16.1 Å². The van der Waals surface area contributed by atoms with Crippen molar-refractivity contribution >= 4 is 23.4 Å². The van der Waals surface area contributed by atoms with Gasteiger partial charge in [-0.05, 0) is 24.6 Å². The van der Waals surface area contributed by atoms with Crippen LogP contribution in [0.1, 0.15) is 32.6 Å². The van der Waals surface area contributed by atoms with Gasteiger partial charge in [0.15, 0.2) is 0 Å². The predicted molar refractivity (Wildman–Crippen MR) is 117 cm³/mol. The number of carbonyl (C=O) groups excluding carboxylic acids is 2. The number of benzene rings is 1. The van der Waals surface area contributed by atoms with E-state index in [1.54, 1.807) is 29.2 Å². The lowest BCUT2D eigenvalue weighted by Crippen LogP contribution is -2.49. The summed E-state index contributed by atoms with van der Waals surface area (Å²) in [7, 11) is 0. The molecule has 2 saturated heterocycles. The van der Waals surface area contributed by atoms with Crippen LogP contribution in [0.5, 0.6) is 0 Å². The van der Waals surface area contributed by atoms with E-state index in [0.29, 0.717) is 57.1 Å². The lowest BCUT2D eigenvalue weighted by molar-refractivity contribution is -0.131. The van der Waals surface area contributed by atoms with Gasteiger partial charge in [-0.25, -0.2) is 13.9 Å². The van der Waals surface area contributed by atoms with Gasteiger partial charge in [-0.1, -0.05) is 25.0 Å².